The Morgan fingerprint density at radius 2 is 1.85 bits per heavy atom. The van der Waals surface area contributed by atoms with Crippen LogP contribution in [-0.2, 0) is 20.7 Å². The summed E-state index contributed by atoms with van der Waals surface area (Å²) in [7, 11) is 0. The van der Waals surface area contributed by atoms with E-state index < -0.39 is 18.0 Å². The molecule has 6 nitrogen and oxygen atoms in total. The standard InChI is InChI=1S/C19H16Cl2N2O4/c1-11(19(25)23-18-12(20)5-4-6-13(18)21)26-17(24)10-9-16-22-14-7-2-3-8-15(14)27-16/h2-8,11H,9-10H2,1H3,(H,23,25)/t11-/m0/s1. The van der Waals surface area contributed by atoms with Gasteiger partial charge in [-0.1, -0.05) is 41.4 Å². The fraction of sp³-hybridized carbons (Fsp3) is 0.211. The lowest BCUT2D eigenvalue weighted by Gasteiger charge is -2.14. The first-order valence-corrected chi connectivity index (χ1v) is 8.98. The first-order valence-electron chi connectivity index (χ1n) is 8.23. The van der Waals surface area contributed by atoms with Gasteiger partial charge in [0.15, 0.2) is 17.6 Å². The number of oxazole rings is 1. The molecular weight excluding hydrogens is 391 g/mol. The molecule has 1 heterocycles. The summed E-state index contributed by atoms with van der Waals surface area (Å²) >= 11 is 12.0. The number of para-hydroxylation sites is 3. The first-order chi connectivity index (χ1) is 12.9. The highest BCUT2D eigenvalue weighted by molar-refractivity contribution is 6.39. The molecule has 0 radical (unpaired) electrons. The molecule has 2 aromatic carbocycles. The van der Waals surface area contributed by atoms with E-state index in [1.54, 1.807) is 24.3 Å². The number of rotatable bonds is 6. The lowest BCUT2D eigenvalue weighted by molar-refractivity contribution is -0.153. The number of ether oxygens (including phenoxy) is 1. The predicted molar refractivity (Wildman–Crippen MR) is 103 cm³/mol. The zero-order valence-electron chi connectivity index (χ0n) is 14.4. The van der Waals surface area contributed by atoms with Gasteiger partial charge in [0, 0.05) is 6.42 Å². The number of esters is 1. The first kappa shape index (κ1) is 19.2. The molecule has 0 spiro atoms. The second kappa shape index (κ2) is 8.41. The van der Waals surface area contributed by atoms with Crippen LogP contribution in [0.3, 0.4) is 0 Å². The highest BCUT2D eigenvalue weighted by Crippen LogP contribution is 2.30. The second-order valence-electron chi connectivity index (χ2n) is 5.79. The SMILES string of the molecule is C[C@H](OC(=O)CCc1nc2ccccc2o1)C(=O)Nc1c(Cl)cccc1Cl. The maximum absolute atomic E-state index is 12.2. The fourth-order valence-electron chi connectivity index (χ4n) is 2.39. The smallest absolute Gasteiger partial charge is 0.307 e. The average Bonchev–Trinajstić information content (AvgIpc) is 3.06. The van der Waals surface area contributed by atoms with Gasteiger partial charge in [0.1, 0.15) is 5.52 Å². The number of nitrogens with zero attached hydrogens (tertiary/aromatic N) is 1. The molecule has 0 saturated heterocycles. The molecule has 27 heavy (non-hydrogen) atoms. The highest BCUT2D eigenvalue weighted by Gasteiger charge is 2.20. The number of benzene rings is 2. The second-order valence-corrected chi connectivity index (χ2v) is 6.61. The molecule has 0 aliphatic rings. The van der Waals surface area contributed by atoms with Crippen molar-refractivity contribution in [2.75, 3.05) is 5.32 Å². The van der Waals surface area contributed by atoms with Gasteiger partial charge in [-0.25, -0.2) is 4.98 Å². The average molecular weight is 407 g/mol. The van der Waals surface area contributed by atoms with Gasteiger partial charge in [-0.2, -0.15) is 0 Å². The van der Waals surface area contributed by atoms with Crippen molar-refractivity contribution in [1.82, 2.24) is 4.98 Å². The number of hydrogen-bond acceptors (Lipinski definition) is 5. The molecule has 1 atom stereocenters. The van der Waals surface area contributed by atoms with Crippen molar-refractivity contribution >= 4 is 51.9 Å². The molecule has 0 unspecified atom stereocenters. The number of aryl methyl sites for hydroxylation is 1. The molecule has 0 aliphatic heterocycles. The van der Waals surface area contributed by atoms with Gasteiger partial charge in [0.25, 0.3) is 5.91 Å². The Morgan fingerprint density at radius 3 is 2.56 bits per heavy atom. The van der Waals surface area contributed by atoms with Gasteiger partial charge >= 0.3 is 5.97 Å². The van der Waals surface area contributed by atoms with E-state index in [9.17, 15) is 9.59 Å². The minimum Gasteiger partial charge on any atom is -0.453 e. The van der Waals surface area contributed by atoms with E-state index in [0.29, 0.717) is 21.5 Å². The molecule has 1 N–H and O–H groups in total. The minimum absolute atomic E-state index is 0.0390. The number of hydrogen-bond donors (Lipinski definition) is 1. The summed E-state index contributed by atoms with van der Waals surface area (Å²) in [6, 6.07) is 12.2. The van der Waals surface area contributed by atoms with Gasteiger partial charge in [-0.05, 0) is 31.2 Å². The third kappa shape index (κ3) is 4.78. The van der Waals surface area contributed by atoms with Crippen molar-refractivity contribution in [2.24, 2.45) is 0 Å². The van der Waals surface area contributed by atoms with Crippen LogP contribution in [-0.4, -0.2) is 23.0 Å². The summed E-state index contributed by atoms with van der Waals surface area (Å²) in [6.45, 7) is 1.47. The molecule has 0 aliphatic carbocycles. The van der Waals surface area contributed by atoms with E-state index in [-0.39, 0.29) is 18.5 Å². The third-order valence-corrected chi connectivity index (χ3v) is 4.40. The quantitative estimate of drug-likeness (QED) is 0.603. The molecular formula is C19H16Cl2N2O4. The number of carbonyl (C=O) groups excluding carboxylic acids is 2. The number of carbonyl (C=O) groups is 2. The monoisotopic (exact) mass is 406 g/mol. The lowest BCUT2D eigenvalue weighted by Crippen LogP contribution is -2.30. The summed E-state index contributed by atoms with van der Waals surface area (Å²) in [5, 5.41) is 3.16. The van der Waals surface area contributed by atoms with E-state index in [1.165, 1.54) is 6.92 Å². The summed E-state index contributed by atoms with van der Waals surface area (Å²) in [6.07, 6.45) is -0.691. The lowest BCUT2D eigenvalue weighted by atomic mass is 10.3. The molecule has 8 heteroatoms. The van der Waals surface area contributed by atoms with Crippen molar-refractivity contribution in [1.29, 1.82) is 0 Å². The normalized spacial score (nSPS) is 12.0. The van der Waals surface area contributed by atoms with Crippen LogP contribution in [0, 0.1) is 0 Å². The summed E-state index contributed by atoms with van der Waals surface area (Å²) < 4.78 is 10.7. The zero-order chi connectivity index (χ0) is 19.4. The van der Waals surface area contributed by atoms with E-state index >= 15 is 0 Å². The third-order valence-electron chi connectivity index (χ3n) is 3.77. The van der Waals surface area contributed by atoms with E-state index in [0.717, 1.165) is 5.52 Å². The molecule has 0 bridgehead atoms. The van der Waals surface area contributed by atoms with Crippen molar-refractivity contribution in [3.8, 4) is 0 Å². The Hall–Kier alpha value is -2.57. The molecule has 0 fully saturated rings. The van der Waals surface area contributed by atoms with Crippen molar-refractivity contribution < 1.29 is 18.7 Å². The van der Waals surface area contributed by atoms with Crippen molar-refractivity contribution in [3.63, 3.8) is 0 Å². The van der Waals surface area contributed by atoms with E-state index in [2.05, 4.69) is 10.3 Å². The van der Waals surface area contributed by atoms with Crippen molar-refractivity contribution in [3.05, 3.63) is 58.4 Å². The molecule has 3 aromatic rings. The van der Waals surface area contributed by atoms with Gasteiger partial charge in [-0.3, -0.25) is 9.59 Å². The zero-order valence-corrected chi connectivity index (χ0v) is 15.9. The number of aromatic nitrogens is 1. The van der Waals surface area contributed by atoms with Gasteiger partial charge in [0.05, 0.1) is 22.2 Å². The summed E-state index contributed by atoms with van der Waals surface area (Å²) in [5.74, 6) is -0.626. The molecule has 1 aromatic heterocycles. The largest absolute Gasteiger partial charge is 0.453 e. The van der Waals surface area contributed by atoms with E-state index in [4.69, 9.17) is 32.4 Å². The Kier molecular flexibility index (Phi) is 5.98. The Balaban J connectivity index is 1.53. The fourth-order valence-corrected chi connectivity index (χ4v) is 2.88. The maximum atomic E-state index is 12.2. The van der Waals surface area contributed by atoms with Gasteiger partial charge in [-0.15, -0.1) is 0 Å². The summed E-state index contributed by atoms with van der Waals surface area (Å²) in [5.41, 5.74) is 1.66. The Bertz CT molecular complexity index is 934. The Labute approximate surface area is 165 Å². The summed E-state index contributed by atoms with van der Waals surface area (Å²) in [4.78, 5) is 28.5. The predicted octanol–water partition coefficient (Wildman–Crippen LogP) is 4.64. The Morgan fingerprint density at radius 1 is 1.15 bits per heavy atom. The number of fused-ring (bicyclic) bond motifs is 1. The molecule has 3 rings (SSSR count). The van der Waals surface area contributed by atoms with Crippen LogP contribution in [0.25, 0.3) is 11.1 Å². The van der Waals surface area contributed by atoms with Crippen LogP contribution < -0.4 is 5.32 Å². The van der Waals surface area contributed by atoms with Crippen LogP contribution in [0.4, 0.5) is 5.69 Å². The van der Waals surface area contributed by atoms with Crippen LogP contribution in [0.5, 0.6) is 0 Å². The minimum atomic E-state index is -1.01. The van der Waals surface area contributed by atoms with Crippen LogP contribution in [0.1, 0.15) is 19.2 Å². The highest BCUT2D eigenvalue weighted by atomic mass is 35.5. The number of halogens is 2. The van der Waals surface area contributed by atoms with Gasteiger partial charge in [0.2, 0.25) is 0 Å². The van der Waals surface area contributed by atoms with E-state index in [1.807, 2.05) is 18.2 Å². The van der Waals surface area contributed by atoms with Crippen molar-refractivity contribution in [2.45, 2.75) is 25.9 Å². The van der Waals surface area contributed by atoms with Crippen LogP contribution in [0.15, 0.2) is 46.9 Å². The molecule has 1 amide bonds. The van der Waals surface area contributed by atoms with Crippen LogP contribution in [0.2, 0.25) is 10.0 Å². The van der Waals surface area contributed by atoms with Crippen LogP contribution >= 0.6 is 23.2 Å². The number of amides is 1. The number of anilines is 1. The maximum Gasteiger partial charge on any atom is 0.307 e. The molecule has 0 saturated carbocycles. The topological polar surface area (TPSA) is 81.4 Å². The van der Waals surface area contributed by atoms with Gasteiger partial charge < -0.3 is 14.5 Å². The number of nitrogens with one attached hydrogen (secondary N) is 1. The molecule has 140 valence electrons.